The Labute approximate surface area is 173 Å². The Morgan fingerprint density at radius 2 is 1.60 bits per heavy atom. The average molecular weight is 471 g/mol. The molecule has 0 aromatic heterocycles. The van der Waals surface area contributed by atoms with Gasteiger partial charge in [0.1, 0.15) is 6.54 Å². The predicted molar refractivity (Wildman–Crippen MR) is 106 cm³/mol. The molecule has 0 fully saturated rings. The normalized spacial score (nSPS) is 16.4. The quantitative estimate of drug-likeness (QED) is 0.324. The molecular formula is C18H23F3NO6S2+. The van der Waals surface area contributed by atoms with Crippen LogP contribution in [0.15, 0.2) is 24.3 Å². The summed E-state index contributed by atoms with van der Waals surface area (Å²) in [5.41, 5.74) is 1.38. The fourth-order valence-corrected chi connectivity index (χ4v) is 4.39. The second kappa shape index (κ2) is 9.16. The number of benzene rings is 1. The molecule has 1 aromatic carbocycles. The lowest BCUT2D eigenvalue weighted by molar-refractivity contribution is -0.438. The van der Waals surface area contributed by atoms with E-state index in [4.69, 9.17) is 9.11 Å². The van der Waals surface area contributed by atoms with Crippen LogP contribution >= 0.6 is 0 Å². The highest BCUT2D eigenvalue weighted by atomic mass is 32.2. The van der Waals surface area contributed by atoms with Crippen LogP contribution in [0.4, 0.5) is 18.9 Å². The standard InChI is InChI=1S/C18H22F3NO6S2/c1-13-15(6-2-4-10-29(23,24)25)16-8-7-14(18(19,20)21)12-17(16)22(13)9-3-5-11-30(26,27)28/h6-8,12H,2-5,9-11H2,1H3,(H-,23,24,25,26,27,28)/p+1/b15-6+. The van der Waals surface area contributed by atoms with Gasteiger partial charge >= 0.3 is 6.18 Å². The maximum atomic E-state index is 13.2. The molecule has 2 rings (SSSR count). The van der Waals surface area contributed by atoms with E-state index in [2.05, 4.69) is 0 Å². The van der Waals surface area contributed by atoms with Crippen molar-refractivity contribution in [2.75, 3.05) is 18.1 Å². The van der Waals surface area contributed by atoms with Crippen molar-refractivity contribution >= 4 is 37.2 Å². The third-order valence-corrected chi connectivity index (χ3v) is 6.30. The lowest BCUT2D eigenvalue weighted by Gasteiger charge is -2.08. The summed E-state index contributed by atoms with van der Waals surface area (Å²) < 4.78 is 102. The molecule has 0 saturated heterocycles. The minimum absolute atomic E-state index is 0.143. The number of allylic oxidation sites excluding steroid dienone is 2. The van der Waals surface area contributed by atoms with Crippen molar-refractivity contribution in [1.82, 2.24) is 0 Å². The van der Waals surface area contributed by atoms with E-state index in [1.807, 2.05) is 0 Å². The molecule has 0 unspecified atom stereocenters. The zero-order valence-corrected chi connectivity index (χ0v) is 17.8. The van der Waals surface area contributed by atoms with Crippen molar-refractivity contribution < 1.29 is 43.7 Å². The molecular weight excluding hydrogens is 447 g/mol. The van der Waals surface area contributed by atoms with Crippen LogP contribution in [-0.4, -0.2) is 54.3 Å². The van der Waals surface area contributed by atoms with E-state index < -0.39 is 43.5 Å². The number of hydrogen-bond donors (Lipinski definition) is 2. The summed E-state index contributed by atoms with van der Waals surface area (Å²) in [4.78, 5) is 0. The van der Waals surface area contributed by atoms with Crippen LogP contribution in [0.3, 0.4) is 0 Å². The van der Waals surface area contributed by atoms with E-state index in [9.17, 15) is 30.0 Å². The van der Waals surface area contributed by atoms with Gasteiger partial charge < -0.3 is 0 Å². The molecule has 30 heavy (non-hydrogen) atoms. The van der Waals surface area contributed by atoms with Crippen LogP contribution in [0.2, 0.25) is 0 Å². The van der Waals surface area contributed by atoms with E-state index in [1.54, 1.807) is 17.6 Å². The van der Waals surface area contributed by atoms with E-state index in [0.717, 1.165) is 12.1 Å². The Bertz CT molecular complexity index is 1070. The van der Waals surface area contributed by atoms with E-state index in [-0.39, 0.29) is 19.4 Å². The van der Waals surface area contributed by atoms with E-state index in [1.165, 1.54) is 6.07 Å². The molecule has 0 radical (unpaired) electrons. The Balaban J connectivity index is 2.31. The second-order valence-corrected chi connectivity index (χ2v) is 10.2. The number of unbranched alkanes of at least 4 members (excludes halogenated alkanes) is 2. The molecule has 0 amide bonds. The van der Waals surface area contributed by atoms with Crippen molar-refractivity contribution in [3.05, 3.63) is 35.4 Å². The SMILES string of the molecule is CC1=[N+](CCCCS(=O)(=O)O)c2cc(C(F)(F)F)ccc2/C1=C/CCCS(=O)(=O)O. The Morgan fingerprint density at radius 3 is 2.17 bits per heavy atom. The fraction of sp³-hybridized carbons (Fsp3) is 0.500. The average Bonchev–Trinajstić information content (AvgIpc) is 2.84. The van der Waals surface area contributed by atoms with Crippen LogP contribution in [-0.2, 0) is 26.4 Å². The smallest absolute Gasteiger partial charge is 0.286 e. The Kier molecular flexibility index (Phi) is 7.49. The first kappa shape index (κ1) is 24.5. The van der Waals surface area contributed by atoms with Gasteiger partial charge in [0.15, 0.2) is 5.71 Å². The van der Waals surface area contributed by atoms with Gasteiger partial charge in [-0.1, -0.05) is 6.08 Å². The molecule has 0 aliphatic carbocycles. The molecule has 1 aliphatic rings. The topological polar surface area (TPSA) is 112 Å². The van der Waals surface area contributed by atoms with Crippen molar-refractivity contribution in [3.63, 3.8) is 0 Å². The van der Waals surface area contributed by atoms with Gasteiger partial charge in [-0.25, -0.2) is 0 Å². The molecule has 0 bridgehead atoms. The molecule has 12 heteroatoms. The highest BCUT2D eigenvalue weighted by Gasteiger charge is 2.37. The third kappa shape index (κ3) is 6.89. The molecule has 7 nitrogen and oxygen atoms in total. The first-order valence-corrected chi connectivity index (χ1v) is 12.3. The number of alkyl halides is 3. The van der Waals surface area contributed by atoms with Crippen LogP contribution in [0, 0.1) is 0 Å². The van der Waals surface area contributed by atoms with Crippen molar-refractivity contribution in [2.24, 2.45) is 0 Å². The zero-order valence-electron chi connectivity index (χ0n) is 16.2. The van der Waals surface area contributed by atoms with E-state index in [0.29, 0.717) is 35.4 Å². The van der Waals surface area contributed by atoms with Gasteiger partial charge in [-0.15, -0.1) is 0 Å². The fourth-order valence-electron chi connectivity index (χ4n) is 3.29. The zero-order chi connectivity index (χ0) is 22.7. The second-order valence-electron chi connectivity index (χ2n) is 7.01. The molecule has 0 atom stereocenters. The number of hydrogen-bond acceptors (Lipinski definition) is 4. The summed E-state index contributed by atoms with van der Waals surface area (Å²) in [6, 6.07) is 3.36. The minimum atomic E-state index is -4.53. The Hall–Kier alpha value is -1.76. The van der Waals surface area contributed by atoms with Gasteiger partial charge in [0.2, 0.25) is 5.69 Å². The molecule has 1 aliphatic heterocycles. The monoisotopic (exact) mass is 470 g/mol. The summed E-state index contributed by atoms with van der Waals surface area (Å²) in [6.45, 7) is 1.96. The molecule has 0 spiro atoms. The lowest BCUT2D eigenvalue weighted by atomic mass is 10.0. The maximum Gasteiger partial charge on any atom is 0.416 e. The number of nitrogens with zero attached hydrogens (tertiary/aromatic N) is 1. The molecule has 0 saturated carbocycles. The van der Waals surface area contributed by atoms with Gasteiger partial charge in [-0.2, -0.15) is 34.6 Å². The highest BCUT2D eigenvalue weighted by Crippen LogP contribution is 2.39. The third-order valence-electron chi connectivity index (χ3n) is 4.69. The highest BCUT2D eigenvalue weighted by molar-refractivity contribution is 7.86. The van der Waals surface area contributed by atoms with Gasteiger partial charge in [-0.05, 0) is 31.4 Å². The predicted octanol–water partition coefficient (Wildman–Crippen LogP) is 3.54. The number of rotatable bonds is 9. The van der Waals surface area contributed by atoms with Crippen molar-refractivity contribution in [3.8, 4) is 0 Å². The summed E-state index contributed by atoms with van der Waals surface area (Å²) in [5.74, 6) is -0.858. The minimum Gasteiger partial charge on any atom is -0.286 e. The van der Waals surface area contributed by atoms with Gasteiger partial charge in [-0.3, -0.25) is 9.11 Å². The van der Waals surface area contributed by atoms with E-state index >= 15 is 0 Å². The lowest BCUT2D eigenvalue weighted by Crippen LogP contribution is -2.14. The first-order valence-electron chi connectivity index (χ1n) is 9.12. The first-order chi connectivity index (χ1) is 13.7. The molecule has 168 valence electrons. The summed E-state index contributed by atoms with van der Waals surface area (Å²) >= 11 is 0. The molecule has 1 heterocycles. The summed E-state index contributed by atoms with van der Waals surface area (Å²) in [7, 11) is -8.21. The van der Waals surface area contributed by atoms with Crippen LogP contribution in [0.1, 0.15) is 43.7 Å². The van der Waals surface area contributed by atoms with Crippen molar-refractivity contribution in [1.29, 1.82) is 0 Å². The summed E-state index contributed by atoms with van der Waals surface area (Å²) in [6.07, 6.45) is -1.90. The maximum absolute atomic E-state index is 13.2. The van der Waals surface area contributed by atoms with Gasteiger partial charge in [0, 0.05) is 19.4 Å². The number of fused-ring (bicyclic) bond motifs is 1. The van der Waals surface area contributed by atoms with Gasteiger partial charge in [0.25, 0.3) is 20.2 Å². The largest absolute Gasteiger partial charge is 0.416 e. The van der Waals surface area contributed by atoms with Crippen LogP contribution in [0.25, 0.3) is 5.57 Å². The molecule has 2 N–H and O–H groups in total. The molecule has 1 aromatic rings. The summed E-state index contributed by atoms with van der Waals surface area (Å²) in [5, 5.41) is 0. The Morgan fingerprint density at radius 1 is 1.00 bits per heavy atom. The van der Waals surface area contributed by atoms with Crippen molar-refractivity contribution in [2.45, 2.75) is 38.8 Å². The van der Waals surface area contributed by atoms with Gasteiger partial charge in [0.05, 0.1) is 28.2 Å². The number of halogens is 3. The van der Waals surface area contributed by atoms with Crippen LogP contribution in [0.5, 0.6) is 0 Å². The van der Waals surface area contributed by atoms with Crippen LogP contribution < -0.4 is 0 Å².